The standard InChI is InChI=1S/C10H18N2OS2.ClH/c1-8-6-12(3-2-11-8)10(13)9-7-14-4-5-15-9;/h8-9,11H,2-7H2,1H3;1H/t8-,9?;/m0./s1. The monoisotopic (exact) mass is 282 g/mol. The van der Waals surface area contributed by atoms with Gasteiger partial charge in [-0.15, -0.1) is 24.2 Å². The Morgan fingerprint density at radius 3 is 2.88 bits per heavy atom. The van der Waals surface area contributed by atoms with E-state index < -0.39 is 0 Å². The van der Waals surface area contributed by atoms with E-state index in [1.807, 2.05) is 28.4 Å². The van der Waals surface area contributed by atoms with Gasteiger partial charge in [0.1, 0.15) is 0 Å². The van der Waals surface area contributed by atoms with Crippen LogP contribution in [-0.4, -0.2) is 59.0 Å². The van der Waals surface area contributed by atoms with E-state index in [4.69, 9.17) is 0 Å². The van der Waals surface area contributed by atoms with E-state index in [0.717, 1.165) is 31.1 Å². The SMILES string of the molecule is C[C@H]1CN(C(=O)C2CSCCS2)CCN1.Cl. The molecule has 6 heteroatoms. The molecule has 2 saturated heterocycles. The van der Waals surface area contributed by atoms with E-state index in [2.05, 4.69) is 12.2 Å². The van der Waals surface area contributed by atoms with Gasteiger partial charge in [-0.3, -0.25) is 4.79 Å². The van der Waals surface area contributed by atoms with Gasteiger partial charge >= 0.3 is 0 Å². The number of hydrogen-bond acceptors (Lipinski definition) is 4. The first-order valence-corrected chi connectivity index (χ1v) is 7.69. The smallest absolute Gasteiger partial charge is 0.236 e. The Morgan fingerprint density at radius 2 is 2.25 bits per heavy atom. The van der Waals surface area contributed by atoms with Crippen LogP contribution < -0.4 is 5.32 Å². The zero-order valence-electron chi connectivity index (χ0n) is 9.48. The lowest BCUT2D eigenvalue weighted by atomic mass is 10.2. The van der Waals surface area contributed by atoms with E-state index in [1.54, 1.807) is 0 Å². The predicted octanol–water partition coefficient (Wildman–Crippen LogP) is 1.08. The van der Waals surface area contributed by atoms with Crippen molar-refractivity contribution in [3.05, 3.63) is 0 Å². The molecule has 1 amide bonds. The summed E-state index contributed by atoms with van der Waals surface area (Å²) in [4.78, 5) is 14.2. The molecule has 16 heavy (non-hydrogen) atoms. The maximum Gasteiger partial charge on any atom is 0.236 e. The molecule has 2 aliphatic rings. The first-order chi connectivity index (χ1) is 7.27. The Hall–Kier alpha value is 0.420. The van der Waals surface area contributed by atoms with Crippen LogP contribution >= 0.6 is 35.9 Å². The number of carbonyl (C=O) groups excluding carboxylic acids is 1. The van der Waals surface area contributed by atoms with Crippen LogP contribution in [0.4, 0.5) is 0 Å². The lowest BCUT2D eigenvalue weighted by Crippen LogP contribution is -2.53. The van der Waals surface area contributed by atoms with Crippen molar-refractivity contribution in [1.29, 1.82) is 0 Å². The lowest BCUT2D eigenvalue weighted by Gasteiger charge is -2.34. The third kappa shape index (κ3) is 3.72. The molecule has 0 aromatic heterocycles. The van der Waals surface area contributed by atoms with E-state index >= 15 is 0 Å². The maximum atomic E-state index is 12.2. The van der Waals surface area contributed by atoms with Gasteiger partial charge in [0.05, 0.1) is 5.25 Å². The van der Waals surface area contributed by atoms with Crippen molar-refractivity contribution < 1.29 is 4.79 Å². The molecule has 2 rings (SSSR count). The summed E-state index contributed by atoms with van der Waals surface area (Å²) in [6.45, 7) is 4.84. The van der Waals surface area contributed by atoms with Crippen molar-refractivity contribution in [2.24, 2.45) is 0 Å². The molecule has 2 aliphatic heterocycles. The van der Waals surface area contributed by atoms with E-state index in [1.165, 1.54) is 5.75 Å². The molecule has 0 saturated carbocycles. The number of nitrogens with zero attached hydrogens (tertiary/aromatic N) is 1. The van der Waals surface area contributed by atoms with Crippen molar-refractivity contribution in [2.45, 2.75) is 18.2 Å². The fourth-order valence-electron chi connectivity index (χ4n) is 1.97. The van der Waals surface area contributed by atoms with E-state index in [-0.39, 0.29) is 17.7 Å². The molecule has 3 nitrogen and oxygen atoms in total. The maximum absolute atomic E-state index is 12.2. The molecular formula is C10H19ClN2OS2. The third-order valence-corrected chi connectivity index (χ3v) is 5.51. The lowest BCUT2D eigenvalue weighted by molar-refractivity contribution is -0.131. The Morgan fingerprint density at radius 1 is 1.44 bits per heavy atom. The van der Waals surface area contributed by atoms with Crippen molar-refractivity contribution in [3.8, 4) is 0 Å². The molecule has 94 valence electrons. The molecule has 0 spiro atoms. The first kappa shape index (κ1) is 14.5. The molecule has 1 unspecified atom stereocenters. The average Bonchev–Trinajstić information content (AvgIpc) is 2.29. The molecule has 0 aliphatic carbocycles. The fourth-order valence-corrected chi connectivity index (χ4v) is 4.60. The highest BCUT2D eigenvalue weighted by molar-refractivity contribution is 8.07. The summed E-state index contributed by atoms with van der Waals surface area (Å²) in [5.41, 5.74) is 0. The summed E-state index contributed by atoms with van der Waals surface area (Å²) in [7, 11) is 0. The first-order valence-electron chi connectivity index (χ1n) is 5.49. The van der Waals surface area contributed by atoms with E-state index in [9.17, 15) is 4.79 Å². The van der Waals surface area contributed by atoms with E-state index in [0.29, 0.717) is 11.9 Å². The van der Waals surface area contributed by atoms with Gasteiger partial charge in [-0.25, -0.2) is 0 Å². The van der Waals surface area contributed by atoms with Gasteiger partial charge in [-0.1, -0.05) is 0 Å². The van der Waals surface area contributed by atoms with Crippen LogP contribution in [-0.2, 0) is 4.79 Å². The van der Waals surface area contributed by atoms with Crippen molar-refractivity contribution in [1.82, 2.24) is 10.2 Å². The number of rotatable bonds is 1. The molecule has 2 heterocycles. The summed E-state index contributed by atoms with van der Waals surface area (Å²) < 4.78 is 0. The van der Waals surface area contributed by atoms with Crippen molar-refractivity contribution in [3.63, 3.8) is 0 Å². The van der Waals surface area contributed by atoms with Crippen LogP contribution in [0.3, 0.4) is 0 Å². The molecule has 0 radical (unpaired) electrons. The van der Waals surface area contributed by atoms with Crippen LogP contribution in [0.1, 0.15) is 6.92 Å². The van der Waals surface area contributed by atoms with Gasteiger partial charge in [0, 0.05) is 42.9 Å². The summed E-state index contributed by atoms with van der Waals surface area (Å²) in [6.07, 6.45) is 0. The third-order valence-electron chi connectivity index (χ3n) is 2.77. The van der Waals surface area contributed by atoms with Gasteiger partial charge in [-0.2, -0.15) is 11.8 Å². The Labute approximate surface area is 112 Å². The average molecular weight is 283 g/mol. The minimum atomic E-state index is 0. The molecule has 2 fully saturated rings. The van der Waals surface area contributed by atoms with Gasteiger partial charge in [0.2, 0.25) is 5.91 Å². The molecule has 0 aromatic rings. The highest BCUT2D eigenvalue weighted by Crippen LogP contribution is 2.25. The predicted molar refractivity (Wildman–Crippen MR) is 74.9 cm³/mol. The number of halogens is 1. The Balaban J connectivity index is 0.00000128. The fraction of sp³-hybridized carbons (Fsp3) is 0.900. The van der Waals surface area contributed by atoms with Gasteiger partial charge < -0.3 is 10.2 Å². The van der Waals surface area contributed by atoms with Crippen LogP contribution in [0, 0.1) is 0 Å². The quantitative estimate of drug-likeness (QED) is 0.780. The second-order valence-corrected chi connectivity index (χ2v) is 6.53. The zero-order chi connectivity index (χ0) is 10.7. The Bertz CT molecular complexity index is 237. The molecule has 2 atom stereocenters. The number of nitrogens with one attached hydrogen (secondary N) is 1. The molecule has 1 N–H and O–H groups in total. The van der Waals surface area contributed by atoms with Gasteiger partial charge in [0.25, 0.3) is 0 Å². The minimum absolute atomic E-state index is 0. The van der Waals surface area contributed by atoms with Crippen LogP contribution in [0.2, 0.25) is 0 Å². The minimum Gasteiger partial charge on any atom is -0.339 e. The highest BCUT2D eigenvalue weighted by Gasteiger charge is 2.28. The number of carbonyl (C=O) groups is 1. The second-order valence-electron chi connectivity index (χ2n) is 4.07. The highest BCUT2D eigenvalue weighted by atomic mass is 35.5. The zero-order valence-corrected chi connectivity index (χ0v) is 11.9. The van der Waals surface area contributed by atoms with Crippen LogP contribution in [0.25, 0.3) is 0 Å². The second kappa shape index (κ2) is 6.99. The number of amides is 1. The molecule has 0 bridgehead atoms. The number of thioether (sulfide) groups is 2. The normalized spacial score (nSPS) is 30.7. The van der Waals surface area contributed by atoms with Crippen LogP contribution in [0.5, 0.6) is 0 Å². The molecular weight excluding hydrogens is 264 g/mol. The number of hydrogen-bond donors (Lipinski definition) is 1. The van der Waals surface area contributed by atoms with Gasteiger partial charge in [0.15, 0.2) is 0 Å². The topological polar surface area (TPSA) is 32.3 Å². The largest absolute Gasteiger partial charge is 0.339 e. The Kier molecular flexibility index (Phi) is 6.32. The summed E-state index contributed by atoms with van der Waals surface area (Å²) in [5, 5.41) is 3.58. The summed E-state index contributed by atoms with van der Waals surface area (Å²) in [6, 6.07) is 0.448. The van der Waals surface area contributed by atoms with Crippen molar-refractivity contribution in [2.75, 3.05) is 36.9 Å². The number of piperazine rings is 1. The summed E-state index contributed by atoms with van der Waals surface area (Å²) in [5.74, 6) is 3.69. The summed E-state index contributed by atoms with van der Waals surface area (Å²) >= 11 is 3.75. The van der Waals surface area contributed by atoms with Crippen molar-refractivity contribution >= 4 is 41.8 Å². The van der Waals surface area contributed by atoms with Crippen LogP contribution in [0.15, 0.2) is 0 Å². The van der Waals surface area contributed by atoms with Gasteiger partial charge in [-0.05, 0) is 6.92 Å². The molecule has 0 aromatic carbocycles.